The number of benzene rings is 1. The maximum Gasteiger partial charge on any atom is 0.187 e. The topological polar surface area (TPSA) is 98.1 Å². The number of nitrogens with zero attached hydrogens (tertiary/aromatic N) is 1. The first-order chi connectivity index (χ1) is 9.27. The van der Waals surface area contributed by atoms with Crippen LogP contribution in [0.3, 0.4) is 0 Å². The van der Waals surface area contributed by atoms with E-state index < -0.39 is 32.1 Å². The standard InChI is InChI=1S/C11H11F2N3O3S/c1-19-9-5(6-4-15-16-11(6)14)3-7(12)10(8(9)13)20(2,17)18/h3-4H,1-2H3,(H3,14,15,16). The molecule has 0 unspecified atom stereocenters. The van der Waals surface area contributed by atoms with E-state index in [1.807, 2.05) is 0 Å². The molecule has 0 atom stereocenters. The summed E-state index contributed by atoms with van der Waals surface area (Å²) in [4.78, 5) is -1.04. The lowest BCUT2D eigenvalue weighted by molar-refractivity contribution is 0.377. The number of nitrogens with one attached hydrogen (secondary N) is 1. The molecule has 0 radical (unpaired) electrons. The average molecular weight is 303 g/mol. The number of H-pyrrole nitrogens is 1. The molecule has 1 aromatic carbocycles. The van der Waals surface area contributed by atoms with Gasteiger partial charge in [-0.25, -0.2) is 17.2 Å². The van der Waals surface area contributed by atoms with Crippen molar-refractivity contribution in [1.82, 2.24) is 10.2 Å². The van der Waals surface area contributed by atoms with Gasteiger partial charge in [0.25, 0.3) is 0 Å². The molecule has 1 heterocycles. The highest BCUT2D eigenvalue weighted by Crippen LogP contribution is 2.38. The van der Waals surface area contributed by atoms with Crippen LogP contribution in [-0.4, -0.2) is 32.0 Å². The maximum atomic E-state index is 14.2. The Labute approximate surface area is 113 Å². The molecule has 6 nitrogen and oxygen atoms in total. The Bertz CT molecular complexity index is 771. The lowest BCUT2D eigenvalue weighted by Crippen LogP contribution is -2.07. The van der Waals surface area contributed by atoms with Crippen molar-refractivity contribution >= 4 is 15.7 Å². The van der Waals surface area contributed by atoms with Crippen LogP contribution in [0.1, 0.15) is 0 Å². The largest absolute Gasteiger partial charge is 0.493 e. The number of nitrogens with two attached hydrogens (primary N) is 1. The van der Waals surface area contributed by atoms with Crippen LogP contribution in [-0.2, 0) is 9.84 Å². The first kappa shape index (κ1) is 14.3. The molecular formula is C11H11F2N3O3S. The van der Waals surface area contributed by atoms with Gasteiger partial charge in [0, 0.05) is 17.4 Å². The quantitative estimate of drug-likeness (QED) is 0.892. The van der Waals surface area contributed by atoms with Gasteiger partial charge in [0.05, 0.1) is 13.3 Å². The number of sulfone groups is 1. The minimum atomic E-state index is -4.08. The molecule has 108 valence electrons. The Morgan fingerprint density at radius 3 is 2.45 bits per heavy atom. The average Bonchev–Trinajstić information content (AvgIpc) is 2.72. The van der Waals surface area contributed by atoms with Gasteiger partial charge < -0.3 is 10.5 Å². The molecular weight excluding hydrogens is 292 g/mol. The first-order valence-electron chi connectivity index (χ1n) is 5.32. The van der Waals surface area contributed by atoms with Crippen LogP contribution in [0.5, 0.6) is 5.75 Å². The zero-order valence-electron chi connectivity index (χ0n) is 10.6. The van der Waals surface area contributed by atoms with Crippen molar-refractivity contribution in [2.24, 2.45) is 0 Å². The number of aromatic nitrogens is 2. The molecule has 0 bridgehead atoms. The monoisotopic (exact) mass is 303 g/mol. The Morgan fingerprint density at radius 2 is 2.00 bits per heavy atom. The van der Waals surface area contributed by atoms with Gasteiger partial charge in [-0.05, 0) is 6.07 Å². The highest BCUT2D eigenvalue weighted by atomic mass is 32.2. The summed E-state index contributed by atoms with van der Waals surface area (Å²) in [6, 6.07) is 0.847. The second-order valence-corrected chi connectivity index (χ2v) is 6.00. The molecule has 0 amide bonds. The fourth-order valence-electron chi connectivity index (χ4n) is 1.83. The Balaban J connectivity index is 2.84. The van der Waals surface area contributed by atoms with Crippen LogP contribution in [0.25, 0.3) is 11.1 Å². The summed E-state index contributed by atoms with van der Waals surface area (Å²) in [7, 11) is -2.94. The smallest absolute Gasteiger partial charge is 0.187 e. The third kappa shape index (κ3) is 2.20. The van der Waals surface area contributed by atoms with Gasteiger partial charge in [-0.3, -0.25) is 5.10 Å². The summed E-state index contributed by atoms with van der Waals surface area (Å²) in [5, 5.41) is 6.05. The van der Waals surface area contributed by atoms with Gasteiger partial charge in [0.2, 0.25) is 0 Å². The second kappa shape index (κ2) is 4.75. The second-order valence-electron chi connectivity index (χ2n) is 4.05. The van der Waals surface area contributed by atoms with E-state index in [0.29, 0.717) is 6.26 Å². The van der Waals surface area contributed by atoms with Gasteiger partial charge in [0.15, 0.2) is 21.4 Å². The van der Waals surface area contributed by atoms with Crippen molar-refractivity contribution in [2.45, 2.75) is 4.90 Å². The van der Waals surface area contributed by atoms with Crippen molar-refractivity contribution in [3.63, 3.8) is 0 Å². The summed E-state index contributed by atoms with van der Waals surface area (Å²) >= 11 is 0. The number of aromatic amines is 1. The summed E-state index contributed by atoms with van der Waals surface area (Å²) in [6.07, 6.45) is 1.96. The number of hydrogen-bond acceptors (Lipinski definition) is 5. The molecule has 9 heteroatoms. The summed E-state index contributed by atoms with van der Waals surface area (Å²) in [5.41, 5.74) is 5.76. The fraction of sp³-hybridized carbons (Fsp3) is 0.182. The van der Waals surface area contributed by atoms with Crippen molar-refractivity contribution < 1.29 is 21.9 Å². The normalized spacial score (nSPS) is 11.6. The Kier molecular flexibility index (Phi) is 3.38. The highest BCUT2D eigenvalue weighted by Gasteiger charge is 2.27. The predicted octanol–water partition coefficient (Wildman–Crippen LogP) is 1.35. The molecule has 0 aliphatic carbocycles. The van der Waals surface area contributed by atoms with E-state index in [9.17, 15) is 17.2 Å². The number of nitrogen functional groups attached to an aromatic ring is 1. The van der Waals surface area contributed by atoms with Gasteiger partial charge in [0.1, 0.15) is 16.5 Å². The van der Waals surface area contributed by atoms with Crippen LogP contribution in [0.4, 0.5) is 14.6 Å². The molecule has 2 rings (SSSR count). The van der Waals surface area contributed by atoms with Gasteiger partial charge in [-0.2, -0.15) is 5.10 Å². The Hall–Kier alpha value is -2.16. The van der Waals surface area contributed by atoms with Crippen LogP contribution >= 0.6 is 0 Å². The molecule has 3 N–H and O–H groups in total. The molecule has 1 aromatic heterocycles. The summed E-state index contributed by atoms with van der Waals surface area (Å²) in [5.74, 6) is -2.86. The number of ether oxygens (including phenoxy) is 1. The van der Waals surface area contributed by atoms with E-state index in [2.05, 4.69) is 10.2 Å². The zero-order chi connectivity index (χ0) is 15.1. The van der Waals surface area contributed by atoms with Crippen molar-refractivity contribution in [3.05, 3.63) is 23.9 Å². The van der Waals surface area contributed by atoms with Crippen molar-refractivity contribution in [2.75, 3.05) is 19.1 Å². The van der Waals surface area contributed by atoms with E-state index in [1.165, 1.54) is 6.20 Å². The predicted molar refractivity (Wildman–Crippen MR) is 68.0 cm³/mol. The third-order valence-corrected chi connectivity index (χ3v) is 3.78. The molecule has 20 heavy (non-hydrogen) atoms. The van der Waals surface area contributed by atoms with Crippen LogP contribution in [0, 0.1) is 11.6 Å². The van der Waals surface area contributed by atoms with Crippen LogP contribution < -0.4 is 10.5 Å². The summed E-state index contributed by atoms with van der Waals surface area (Å²) < 4.78 is 55.8. The number of rotatable bonds is 3. The van der Waals surface area contributed by atoms with E-state index in [0.717, 1.165) is 13.2 Å². The zero-order valence-corrected chi connectivity index (χ0v) is 11.4. The van der Waals surface area contributed by atoms with Gasteiger partial charge >= 0.3 is 0 Å². The van der Waals surface area contributed by atoms with E-state index in [-0.39, 0.29) is 16.9 Å². The number of halogens is 2. The van der Waals surface area contributed by atoms with Crippen LogP contribution in [0.2, 0.25) is 0 Å². The number of hydrogen-bond donors (Lipinski definition) is 2. The SMILES string of the molecule is COc1c(-c2cn[nH]c2N)cc(F)c(S(C)(=O)=O)c1F. The molecule has 0 aliphatic rings. The maximum absolute atomic E-state index is 14.2. The molecule has 0 aliphatic heterocycles. The molecule has 0 saturated carbocycles. The molecule has 2 aromatic rings. The van der Waals surface area contributed by atoms with Crippen LogP contribution in [0.15, 0.2) is 17.2 Å². The fourth-order valence-corrected chi connectivity index (χ4v) is 2.67. The van der Waals surface area contributed by atoms with E-state index in [1.54, 1.807) is 0 Å². The minimum absolute atomic E-state index is 0.0267. The molecule has 0 saturated heterocycles. The summed E-state index contributed by atoms with van der Waals surface area (Å²) in [6.45, 7) is 0. The van der Waals surface area contributed by atoms with Gasteiger partial charge in [-0.15, -0.1) is 0 Å². The Morgan fingerprint density at radius 1 is 1.35 bits per heavy atom. The lowest BCUT2D eigenvalue weighted by Gasteiger charge is -2.12. The van der Waals surface area contributed by atoms with Crippen molar-refractivity contribution in [1.29, 1.82) is 0 Å². The molecule has 0 spiro atoms. The van der Waals surface area contributed by atoms with Crippen molar-refractivity contribution in [3.8, 4) is 16.9 Å². The van der Waals surface area contributed by atoms with E-state index in [4.69, 9.17) is 10.5 Å². The van der Waals surface area contributed by atoms with Gasteiger partial charge in [-0.1, -0.05) is 0 Å². The molecule has 0 fully saturated rings. The lowest BCUT2D eigenvalue weighted by atomic mass is 10.1. The number of methoxy groups -OCH3 is 1. The first-order valence-corrected chi connectivity index (χ1v) is 7.21. The highest BCUT2D eigenvalue weighted by molar-refractivity contribution is 7.90. The minimum Gasteiger partial charge on any atom is -0.493 e. The third-order valence-electron chi connectivity index (χ3n) is 2.67. The van der Waals surface area contributed by atoms with E-state index >= 15 is 0 Å². The number of anilines is 1.